The average Bonchev–Trinajstić information content (AvgIpc) is 3.15. The van der Waals surface area contributed by atoms with E-state index in [1.54, 1.807) is 17.0 Å². The second-order valence-corrected chi connectivity index (χ2v) is 8.81. The van der Waals surface area contributed by atoms with Gasteiger partial charge in [-0.3, -0.25) is 14.5 Å². The van der Waals surface area contributed by atoms with E-state index in [-0.39, 0.29) is 28.9 Å². The van der Waals surface area contributed by atoms with Crippen LogP contribution in [0.4, 0.5) is 8.78 Å². The third-order valence-electron chi connectivity index (χ3n) is 6.68. The monoisotopic (exact) mass is 413 g/mol. The Morgan fingerprint density at radius 2 is 1.90 bits per heavy atom. The summed E-state index contributed by atoms with van der Waals surface area (Å²) in [5.74, 6) is -0.555. The second-order valence-electron chi connectivity index (χ2n) is 8.81. The number of halogens is 2. The lowest BCUT2D eigenvalue weighted by Gasteiger charge is -2.43. The zero-order chi connectivity index (χ0) is 20.8. The van der Waals surface area contributed by atoms with Gasteiger partial charge >= 0.3 is 0 Å². The highest BCUT2D eigenvalue weighted by atomic mass is 19.1. The lowest BCUT2D eigenvalue weighted by Crippen LogP contribution is -2.49. The lowest BCUT2D eigenvalue weighted by molar-refractivity contribution is 0.0589. The fourth-order valence-corrected chi connectivity index (χ4v) is 5.25. The predicted molar refractivity (Wildman–Crippen MR) is 109 cm³/mol. The number of carbonyl (C=O) groups is 1. The molecule has 2 aromatic rings. The van der Waals surface area contributed by atoms with E-state index in [0.717, 1.165) is 12.1 Å². The number of pyridine rings is 1. The minimum atomic E-state index is -0.803. The van der Waals surface area contributed by atoms with Crippen molar-refractivity contribution in [3.8, 4) is 0 Å². The van der Waals surface area contributed by atoms with Crippen LogP contribution in [-0.2, 0) is 13.1 Å². The van der Waals surface area contributed by atoms with Crippen molar-refractivity contribution < 1.29 is 13.6 Å². The largest absolute Gasteiger partial charge is 0.338 e. The molecule has 1 aromatic heterocycles. The van der Waals surface area contributed by atoms with Crippen molar-refractivity contribution in [3.63, 3.8) is 0 Å². The maximum Gasteiger partial charge on any atom is 0.256 e. The molecule has 0 unspecified atom stereocenters. The summed E-state index contributed by atoms with van der Waals surface area (Å²) in [6, 6.07) is 9.92. The molecule has 0 N–H and O–H groups in total. The molecule has 0 aliphatic carbocycles. The van der Waals surface area contributed by atoms with Crippen molar-refractivity contribution in [1.29, 1.82) is 0 Å². The third-order valence-corrected chi connectivity index (χ3v) is 6.68. The van der Waals surface area contributed by atoms with Crippen LogP contribution in [0.25, 0.3) is 0 Å². The number of nitrogens with zero attached hydrogens (tertiary/aromatic N) is 3. The minimum absolute atomic E-state index is 0.00149. The van der Waals surface area contributed by atoms with Crippen molar-refractivity contribution in [2.24, 2.45) is 5.92 Å². The fourth-order valence-electron chi connectivity index (χ4n) is 5.25. The van der Waals surface area contributed by atoms with E-state index in [9.17, 15) is 18.4 Å². The maximum absolute atomic E-state index is 14.1. The topological polar surface area (TPSA) is 45.6 Å². The van der Waals surface area contributed by atoms with E-state index in [1.165, 1.54) is 12.1 Å². The molecule has 30 heavy (non-hydrogen) atoms. The zero-order valence-electron chi connectivity index (χ0n) is 16.8. The van der Waals surface area contributed by atoms with E-state index >= 15 is 0 Å². The molecule has 3 aliphatic rings. The Kier molecular flexibility index (Phi) is 4.93. The van der Waals surface area contributed by atoms with Gasteiger partial charge in [0.1, 0.15) is 12.0 Å². The number of benzene rings is 1. The van der Waals surface area contributed by atoms with Crippen LogP contribution in [0.2, 0.25) is 0 Å². The zero-order valence-corrected chi connectivity index (χ0v) is 16.8. The summed E-state index contributed by atoms with van der Waals surface area (Å²) < 4.78 is 29.4. The van der Waals surface area contributed by atoms with Crippen LogP contribution in [0.5, 0.6) is 0 Å². The van der Waals surface area contributed by atoms with Crippen LogP contribution >= 0.6 is 0 Å². The molecule has 158 valence electrons. The quantitative estimate of drug-likeness (QED) is 0.778. The Balaban J connectivity index is 1.38. The summed E-state index contributed by atoms with van der Waals surface area (Å²) in [7, 11) is 0. The normalized spacial score (nSPS) is 25.9. The van der Waals surface area contributed by atoms with Gasteiger partial charge in [-0.15, -0.1) is 0 Å². The number of likely N-dealkylation sites (tertiary alicyclic amines) is 2. The van der Waals surface area contributed by atoms with Gasteiger partial charge in [0.15, 0.2) is 0 Å². The summed E-state index contributed by atoms with van der Waals surface area (Å²) >= 11 is 0. The summed E-state index contributed by atoms with van der Waals surface area (Å²) in [6.07, 6.45) is 0.653. The van der Waals surface area contributed by atoms with Gasteiger partial charge in [0, 0.05) is 56.4 Å². The Labute approximate surface area is 173 Å². The summed E-state index contributed by atoms with van der Waals surface area (Å²) in [6.45, 7) is 3.12. The van der Waals surface area contributed by atoms with Gasteiger partial charge in [-0.25, -0.2) is 8.78 Å². The first kappa shape index (κ1) is 19.4. The second kappa shape index (κ2) is 7.61. The van der Waals surface area contributed by atoms with Gasteiger partial charge in [0.25, 0.3) is 11.5 Å². The maximum atomic E-state index is 14.1. The van der Waals surface area contributed by atoms with Crippen LogP contribution in [-0.4, -0.2) is 52.6 Å². The molecule has 2 bridgehead atoms. The van der Waals surface area contributed by atoms with Crippen LogP contribution in [0.1, 0.15) is 40.4 Å². The first-order valence-corrected chi connectivity index (χ1v) is 10.6. The minimum Gasteiger partial charge on any atom is -0.338 e. The molecule has 1 aromatic carbocycles. The number of hydrogen-bond donors (Lipinski definition) is 0. The number of aromatic nitrogens is 1. The highest BCUT2D eigenvalue weighted by molar-refractivity contribution is 5.94. The van der Waals surface area contributed by atoms with Gasteiger partial charge in [0.05, 0.1) is 5.56 Å². The first-order valence-electron chi connectivity index (χ1n) is 10.6. The standard InChI is InChI=1S/C23H25F2N3O2/c24-18-7-8-26(14-18)12-16-5-6-21-17-9-15(11-28(21)22(16)29)10-27(13-17)23(30)19-3-1-2-4-20(19)25/h1-6,15,17-18H,7-14H2/t15-,17+,18+/m0/s1. The van der Waals surface area contributed by atoms with Crippen molar-refractivity contribution in [3.05, 3.63) is 69.4 Å². The van der Waals surface area contributed by atoms with Gasteiger partial charge < -0.3 is 9.47 Å². The number of hydrogen-bond acceptors (Lipinski definition) is 3. The molecule has 0 radical (unpaired) electrons. The smallest absolute Gasteiger partial charge is 0.256 e. The number of rotatable bonds is 3. The van der Waals surface area contributed by atoms with E-state index in [0.29, 0.717) is 51.3 Å². The number of piperidine rings is 1. The van der Waals surface area contributed by atoms with Gasteiger partial charge in [-0.05, 0) is 37.0 Å². The number of alkyl halides is 1. The lowest BCUT2D eigenvalue weighted by atomic mass is 9.82. The molecule has 0 saturated carbocycles. The predicted octanol–water partition coefficient (Wildman–Crippen LogP) is 2.79. The average molecular weight is 413 g/mol. The number of fused-ring (bicyclic) bond motifs is 4. The molecule has 2 saturated heterocycles. The number of carbonyl (C=O) groups excluding carboxylic acids is 1. The summed E-state index contributed by atoms with van der Waals surface area (Å²) in [5.41, 5.74) is 1.74. The van der Waals surface area contributed by atoms with Crippen molar-refractivity contribution in [1.82, 2.24) is 14.4 Å². The molecule has 0 spiro atoms. The van der Waals surface area contributed by atoms with E-state index in [4.69, 9.17) is 0 Å². The molecule has 3 aliphatic heterocycles. The molecule has 1 amide bonds. The molecule has 3 atom stereocenters. The Morgan fingerprint density at radius 1 is 1.07 bits per heavy atom. The van der Waals surface area contributed by atoms with Crippen molar-refractivity contribution >= 4 is 5.91 Å². The van der Waals surface area contributed by atoms with Gasteiger partial charge in [-0.2, -0.15) is 0 Å². The SMILES string of the molecule is O=C(c1ccccc1F)N1C[C@@H]2C[C@H](C1)c1ccc(CN3CC[C@@H](F)C3)c(=O)n1C2. The number of amides is 1. The molecule has 4 heterocycles. The van der Waals surface area contributed by atoms with E-state index in [2.05, 4.69) is 0 Å². The highest BCUT2D eigenvalue weighted by Crippen LogP contribution is 2.36. The molecular weight excluding hydrogens is 388 g/mol. The van der Waals surface area contributed by atoms with Crippen molar-refractivity contribution in [2.45, 2.75) is 38.0 Å². The molecule has 5 rings (SSSR count). The highest BCUT2D eigenvalue weighted by Gasteiger charge is 2.37. The third kappa shape index (κ3) is 3.45. The molecule has 7 heteroatoms. The fraction of sp³-hybridized carbons (Fsp3) is 0.478. The Bertz CT molecular complexity index is 1040. The summed E-state index contributed by atoms with van der Waals surface area (Å²) in [5, 5.41) is 0. The van der Waals surface area contributed by atoms with E-state index in [1.807, 2.05) is 21.6 Å². The van der Waals surface area contributed by atoms with Crippen molar-refractivity contribution in [2.75, 3.05) is 26.2 Å². The van der Waals surface area contributed by atoms with Gasteiger partial charge in [-0.1, -0.05) is 18.2 Å². The van der Waals surface area contributed by atoms with Gasteiger partial charge in [0.2, 0.25) is 0 Å². The van der Waals surface area contributed by atoms with Crippen LogP contribution in [0, 0.1) is 11.7 Å². The summed E-state index contributed by atoms with van der Waals surface area (Å²) in [4.78, 5) is 29.7. The Morgan fingerprint density at radius 3 is 2.67 bits per heavy atom. The first-order chi connectivity index (χ1) is 14.5. The van der Waals surface area contributed by atoms with Crippen LogP contribution in [0.15, 0.2) is 41.2 Å². The van der Waals surface area contributed by atoms with Crippen LogP contribution in [0.3, 0.4) is 0 Å². The van der Waals surface area contributed by atoms with E-state index < -0.39 is 12.0 Å². The molecule has 5 nitrogen and oxygen atoms in total. The van der Waals surface area contributed by atoms with Crippen LogP contribution < -0.4 is 5.56 Å². The molecule has 2 fully saturated rings. The molecular formula is C23H25F2N3O2. The Hall–Kier alpha value is -2.54.